The van der Waals surface area contributed by atoms with Crippen LogP contribution in [0.1, 0.15) is 31.0 Å². The second-order valence-electron chi connectivity index (χ2n) is 5.87. The lowest BCUT2D eigenvalue weighted by Crippen LogP contribution is -2.33. The van der Waals surface area contributed by atoms with Gasteiger partial charge in [-0.3, -0.25) is 0 Å². The highest BCUT2D eigenvalue weighted by molar-refractivity contribution is 5.32. The summed E-state index contributed by atoms with van der Waals surface area (Å²) in [5.74, 6) is 1.43. The van der Waals surface area contributed by atoms with Gasteiger partial charge in [0.2, 0.25) is 0 Å². The minimum atomic E-state index is -0.575. The molecule has 0 saturated heterocycles. The van der Waals surface area contributed by atoms with Crippen LogP contribution in [0, 0.1) is 0 Å². The number of aryl methyl sites for hydroxylation is 1. The second kappa shape index (κ2) is 9.30. The monoisotopic (exact) mass is 329 g/mol. The maximum Gasteiger partial charge on any atom is 0.123 e. The van der Waals surface area contributed by atoms with Crippen LogP contribution in [0.15, 0.2) is 48.5 Å². The maximum atomic E-state index is 10.1. The Kier molecular flexibility index (Phi) is 7.09. The molecule has 2 aromatic rings. The van der Waals surface area contributed by atoms with Crippen LogP contribution < -0.4 is 14.8 Å². The van der Waals surface area contributed by atoms with Crippen molar-refractivity contribution in [1.29, 1.82) is 0 Å². The summed E-state index contributed by atoms with van der Waals surface area (Å²) in [6, 6.07) is 16.1. The molecule has 0 heterocycles. The van der Waals surface area contributed by atoms with E-state index in [0.717, 1.165) is 12.2 Å². The van der Waals surface area contributed by atoms with Gasteiger partial charge in [0.1, 0.15) is 24.2 Å². The molecule has 0 aliphatic carbocycles. The van der Waals surface area contributed by atoms with E-state index in [1.54, 1.807) is 13.2 Å². The first-order valence-electron chi connectivity index (χ1n) is 8.39. The lowest BCUT2D eigenvalue weighted by molar-refractivity contribution is 0.104. The summed E-state index contributed by atoms with van der Waals surface area (Å²) in [6.45, 7) is 4.95. The van der Waals surface area contributed by atoms with Crippen molar-refractivity contribution >= 4 is 0 Å². The number of hydrogen-bond acceptors (Lipinski definition) is 4. The summed E-state index contributed by atoms with van der Waals surface area (Å²) in [5.41, 5.74) is 2.55. The van der Waals surface area contributed by atoms with Crippen molar-refractivity contribution in [2.75, 3.05) is 20.3 Å². The van der Waals surface area contributed by atoms with Crippen LogP contribution in [-0.2, 0) is 6.42 Å². The Balaban J connectivity index is 1.76. The molecule has 0 aliphatic rings. The Bertz CT molecular complexity index is 613. The van der Waals surface area contributed by atoms with E-state index in [9.17, 15) is 5.11 Å². The highest BCUT2D eigenvalue weighted by Gasteiger charge is 2.10. The van der Waals surface area contributed by atoms with E-state index in [1.165, 1.54) is 11.1 Å². The number of nitrogens with one attached hydrogen (secondary N) is 1. The molecular weight excluding hydrogens is 302 g/mol. The first-order chi connectivity index (χ1) is 11.6. The van der Waals surface area contributed by atoms with Gasteiger partial charge in [0.05, 0.1) is 7.11 Å². The number of rotatable bonds is 9. The molecule has 2 N–H and O–H groups in total. The van der Waals surface area contributed by atoms with Gasteiger partial charge in [0.15, 0.2) is 0 Å². The minimum Gasteiger partial charge on any atom is -0.497 e. The Hall–Kier alpha value is -2.04. The molecule has 2 aromatic carbocycles. The van der Waals surface area contributed by atoms with Gasteiger partial charge in [-0.1, -0.05) is 37.3 Å². The van der Waals surface area contributed by atoms with Gasteiger partial charge >= 0.3 is 0 Å². The standard InChI is InChI=1S/C20H27NO3/c1-4-16-8-10-17(11-9-16)15(2)21-13-18(22)14-24-20-7-5-6-19(12-20)23-3/h5-12,15,18,21-22H,4,13-14H2,1-3H3. The average Bonchev–Trinajstić information content (AvgIpc) is 2.64. The third-order valence-electron chi connectivity index (χ3n) is 4.03. The summed E-state index contributed by atoms with van der Waals surface area (Å²) < 4.78 is 10.8. The Morgan fingerprint density at radius 2 is 1.79 bits per heavy atom. The number of methoxy groups -OCH3 is 1. The van der Waals surface area contributed by atoms with Crippen molar-refractivity contribution in [3.8, 4) is 11.5 Å². The van der Waals surface area contributed by atoms with E-state index < -0.39 is 6.10 Å². The van der Waals surface area contributed by atoms with Crippen LogP contribution in [0.25, 0.3) is 0 Å². The van der Waals surface area contributed by atoms with Gasteiger partial charge in [-0.05, 0) is 36.6 Å². The Labute approximate surface area is 144 Å². The third kappa shape index (κ3) is 5.55. The fourth-order valence-corrected chi connectivity index (χ4v) is 2.41. The molecule has 0 aliphatic heterocycles. The van der Waals surface area contributed by atoms with Crippen LogP contribution >= 0.6 is 0 Å². The zero-order chi connectivity index (χ0) is 17.4. The molecule has 0 fully saturated rings. The normalized spacial score (nSPS) is 13.3. The molecular formula is C20H27NO3. The largest absolute Gasteiger partial charge is 0.497 e. The minimum absolute atomic E-state index is 0.183. The third-order valence-corrected chi connectivity index (χ3v) is 4.03. The SMILES string of the molecule is CCc1ccc(C(C)NCC(O)COc2cccc(OC)c2)cc1. The molecule has 0 saturated carbocycles. The summed E-state index contributed by atoms with van der Waals surface area (Å²) in [5, 5.41) is 13.4. The number of ether oxygens (including phenoxy) is 2. The Morgan fingerprint density at radius 3 is 2.46 bits per heavy atom. The predicted molar refractivity (Wildman–Crippen MR) is 96.7 cm³/mol. The van der Waals surface area contributed by atoms with Crippen LogP contribution in [0.5, 0.6) is 11.5 Å². The van der Waals surface area contributed by atoms with Crippen molar-refractivity contribution in [3.05, 3.63) is 59.7 Å². The molecule has 0 spiro atoms. The highest BCUT2D eigenvalue weighted by atomic mass is 16.5. The van der Waals surface area contributed by atoms with Crippen LogP contribution in [0.3, 0.4) is 0 Å². The van der Waals surface area contributed by atoms with E-state index >= 15 is 0 Å². The number of aliphatic hydroxyl groups excluding tert-OH is 1. The van der Waals surface area contributed by atoms with Crippen LogP contribution in [-0.4, -0.2) is 31.5 Å². The molecule has 0 bridgehead atoms. The summed E-state index contributed by atoms with van der Waals surface area (Å²) in [6.07, 6.45) is 0.469. The summed E-state index contributed by atoms with van der Waals surface area (Å²) >= 11 is 0. The van der Waals surface area contributed by atoms with Crippen molar-refractivity contribution < 1.29 is 14.6 Å². The van der Waals surface area contributed by atoms with E-state index in [4.69, 9.17) is 9.47 Å². The van der Waals surface area contributed by atoms with Crippen LogP contribution in [0.4, 0.5) is 0 Å². The van der Waals surface area contributed by atoms with E-state index in [-0.39, 0.29) is 12.6 Å². The van der Waals surface area contributed by atoms with E-state index in [2.05, 4.69) is 43.4 Å². The molecule has 0 radical (unpaired) electrons. The maximum absolute atomic E-state index is 10.1. The topological polar surface area (TPSA) is 50.7 Å². The Morgan fingerprint density at radius 1 is 1.08 bits per heavy atom. The van der Waals surface area contributed by atoms with Gasteiger partial charge in [-0.2, -0.15) is 0 Å². The second-order valence-corrected chi connectivity index (χ2v) is 5.87. The molecule has 4 nitrogen and oxygen atoms in total. The molecule has 2 rings (SSSR count). The number of benzene rings is 2. The van der Waals surface area contributed by atoms with Gasteiger partial charge in [0.25, 0.3) is 0 Å². The fraction of sp³-hybridized carbons (Fsp3) is 0.400. The zero-order valence-corrected chi connectivity index (χ0v) is 14.7. The molecule has 2 unspecified atom stereocenters. The first kappa shape index (κ1) is 18.3. The molecule has 4 heteroatoms. The lowest BCUT2D eigenvalue weighted by Gasteiger charge is -2.18. The van der Waals surface area contributed by atoms with Gasteiger partial charge in [-0.25, -0.2) is 0 Å². The van der Waals surface area contributed by atoms with Gasteiger partial charge < -0.3 is 19.9 Å². The van der Waals surface area contributed by atoms with Gasteiger partial charge in [0, 0.05) is 18.7 Å². The van der Waals surface area contributed by atoms with Crippen molar-refractivity contribution in [1.82, 2.24) is 5.32 Å². The van der Waals surface area contributed by atoms with Crippen molar-refractivity contribution in [2.45, 2.75) is 32.4 Å². The summed E-state index contributed by atoms with van der Waals surface area (Å²) in [4.78, 5) is 0. The fourth-order valence-electron chi connectivity index (χ4n) is 2.41. The molecule has 0 aromatic heterocycles. The van der Waals surface area contributed by atoms with E-state index in [1.807, 2.05) is 18.2 Å². The number of hydrogen-bond donors (Lipinski definition) is 2. The molecule has 2 atom stereocenters. The quantitative estimate of drug-likeness (QED) is 0.741. The first-order valence-corrected chi connectivity index (χ1v) is 8.39. The lowest BCUT2D eigenvalue weighted by atomic mass is 10.0. The molecule has 130 valence electrons. The molecule has 0 amide bonds. The zero-order valence-electron chi connectivity index (χ0n) is 14.7. The van der Waals surface area contributed by atoms with Crippen LogP contribution in [0.2, 0.25) is 0 Å². The average molecular weight is 329 g/mol. The van der Waals surface area contributed by atoms with Gasteiger partial charge in [-0.15, -0.1) is 0 Å². The molecule has 24 heavy (non-hydrogen) atoms. The van der Waals surface area contributed by atoms with Crippen molar-refractivity contribution in [3.63, 3.8) is 0 Å². The number of aliphatic hydroxyl groups is 1. The van der Waals surface area contributed by atoms with Crippen molar-refractivity contribution in [2.24, 2.45) is 0 Å². The summed E-state index contributed by atoms with van der Waals surface area (Å²) in [7, 11) is 1.62. The predicted octanol–water partition coefficient (Wildman–Crippen LogP) is 3.35. The van der Waals surface area contributed by atoms with E-state index in [0.29, 0.717) is 12.3 Å². The highest BCUT2D eigenvalue weighted by Crippen LogP contribution is 2.19. The smallest absolute Gasteiger partial charge is 0.123 e.